The third kappa shape index (κ3) is 8.33. The lowest BCUT2D eigenvalue weighted by Crippen LogP contribution is -2.49. The number of anilines is 1. The van der Waals surface area contributed by atoms with E-state index in [0.717, 1.165) is 34.5 Å². The van der Waals surface area contributed by atoms with Crippen LogP contribution in [0.2, 0.25) is 0 Å². The van der Waals surface area contributed by atoms with E-state index in [0.29, 0.717) is 13.0 Å². The first-order valence-corrected chi connectivity index (χ1v) is 14.3. The van der Waals surface area contributed by atoms with Gasteiger partial charge >= 0.3 is 0 Å². The van der Waals surface area contributed by atoms with Crippen molar-refractivity contribution in [2.75, 3.05) is 23.7 Å². The highest BCUT2D eigenvalue weighted by Gasteiger charge is 2.29. The summed E-state index contributed by atoms with van der Waals surface area (Å²) in [4.78, 5) is 28.0. The molecule has 0 aliphatic heterocycles. The molecule has 1 unspecified atom stereocenters. The van der Waals surface area contributed by atoms with E-state index in [1.807, 2.05) is 45.0 Å². The SMILES string of the molecule is CCCCNC(=O)C(CC)N(Cc1ccccc1C)C(=O)CCCN(c1ccccc1F)S(C)(=O)=O. The lowest BCUT2D eigenvalue weighted by Gasteiger charge is -2.31. The van der Waals surface area contributed by atoms with Gasteiger partial charge in [0, 0.05) is 26.1 Å². The molecule has 1 atom stereocenters. The van der Waals surface area contributed by atoms with Crippen LogP contribution in [0.3, 0.4) is 0 Å². The Hall–Kier alpha value is -2.94. The maximum atomic E-state index is 14.3. The first-order valence-electron chi connectivity index (χ1n) is 12.4. The Labute approximate surface area is 214 Å². The van der Waals surface area contributed by atoms with Gasteiger partial charge in [0.25, 0.3) is 0 Å². The van der Waals surface area contributed by atoms with Crippen LogP contribution in [0, 0.1) is 12.7 Å². The van der Waals surface area contributed by atoms with E-state index in [1.54, 1.807) is 11.0 Å². The predicted molar refractivity (Wildman–Crippen MR) is 142 cm³/mol. The Bertz CT molecular complexity index is 1120. The van der Waals surface area contributed by atoms with Crippen LogP contribution in [0.4, 0.5) is 10.1 Å². The molecule has 0 radical (unpaired) electrons. The molecule has 0 saturated heterocycles. The van der Waals surface area contributed by atoms with Gasteiger partial charge < -0.3 is 10.2 Å². The maximum Gasteiger partial charge on any atom is 0.242 e. The Morgan fingerprint density at radius 2 is 1.69 bits per heavy atom. The number of hydrogen-bond donors (Lipinski definition) is 1. The average Bonchev–Trinajstić information content (AvgIpc) is 2.83. The number of nitrogens with one attached hydrogen (secondary N) is 1. The highest BCUT2D eigenvalue weighted by molar-refractivity contribution is 7.92. The Balaban J connectivity index is 2.22. The summed E-state index contributed by atoms with van der Waals surface area (Å²) >= 11 is 0. The summed E-state index contributed by atoms with van der Waals surface area (Å²) in [6.07, 6.45) is 3.45. The molecule has 198 valence electrons. The number of carbonyl (C=O) groups is 2. The largest absolute Gasteiger partial charge is 0.354 e. The lowest BCUT2D eigenvalue weighted by molar-refractivity contribution is -0.141. The molecule has 0 aliphatic rings. The van der Waals surface area contributed by atoms with E-state index in [4.69, 9.17) is 0 Å². The van der Waals surface area contributed by atoms with E-state index in [1.165, 1.54) is 18.2 Å². The molecule has 1 N–H and O–H groups in total. The second-order valence-electron chi connectivity index (χ2n) is 8.91. The number of carbonyl (C=O) groups excluding carboxylic acids is 2. The van der Waals surface area contributed by atoms with Crippen LogP contribution in [0.5, 0.6) is 0 Å². The van der Waals surface area contributed by atoms with Gasteiger partial charge in [-0.2, -0.15) is 0 Å². The number of hydrogen-bond acceptors (Lipinski definition) is 4. The van der Waals surface area contributed by atoms with Crippen molar-refractivity contribution in [1.29, 1.82) is 0 Å². The molecule has 2 aromatic rings. The maximum absolute atomic E-state index is 14.3. The van der Waals surface area contributed by atoms with E-state index < -0.39 is 21.9 Å². The van der Waals surface area contributed by atoms with Gasteiger partial charge in [0.05, 0.1) is 11.9 Å². The Morgan fingerprint density at radius 1 is 1.03 bits per heavy atom. The molecule has 0 heterocycles. The molecule has 2 amide bonds. The first-order chi connectivity index (χ1) is 17.1. The predicted octanol–water partition coefficient (Wildman–Crippen LogP) is 4.40. The molecule has 0 bridgehead atoms. The number of halogens is 1. The lowest BCUT2D eigenvalue weighted by atomic mass is 10.1. The fourth-order valence-corrected chi connectivity index (χ4v) is 5.00. The number of benzene rings is 2. The smallest absolute Gasteiger partial charge is 0.242 e. The molecule has 9 heteroatoms. The molecule has 36 heavy (non-hydrogen) atoms. The fraction of sp³-hybridized carbons (Fsp3) is 0.481. The first kappa shape index (κ1) is 29.3. The van der Waals surface area contributed by atoms with Crippen LogP contribution in [0.1, 0.15) is 57.1 Å². The van der Waals surface area contributed by atoms with Crippen LogP contribution in [-0.4, -0.2) is 50.5 Å². The van der Waals surface area contributed by atoms with Gasteiger partial charge in [-0.05, 0) is 49.4 Å². The van der Waals surface area contributed by atoms with Crippen LogP contribution in [-0.2, 0) is 26.2 Å². The van der Waals surface area contributed by atoms with Crippen LogP contribution >= 0.6 is 0 Å². The number of amides is 2. The minimum absolute atomic E-state index is 0.0189. The van der Waals surface area contributed by atoms with Gasteiger partial charge in [-0.1, -0.05) is 56.7 Å². The fourth-order valence-electron chi connectivity index (χ4n) is 4.03. The molecule has 0 fully saturated rings. The van der Waals surface area contributed by atoms with Crippen molar-refractivity contribution in [1.82, 2.24) is 10.2 Å². The van der Waals surface area contributed by atoms with E-state index >= 15 is 0 Å². The quantitative estimate of drug-likeness (QED) is 0.375. The number of nitrogens with zero attached hydrogens (tertiary/aromatic N) is 2. The summed E-state index contributed by atoms with van der Waals surface area (Å²) in [5.41, 5.74) is 1.90. The van der Waals surface area contributed by atoms with Gasteiger partial charge in [-0.15, -0.1) is 0 Å². The molecule has 2 rings (SSSR count). The topological polar surface area (TPSA) is 86.8 Å². The van der Waals surface area contributed by atoms with Crippen LogP contribution < -0.4 is 9.62 Å². The standard InChI is InChI=1S/C27H38FN3O4S/c1-5-7-18-29-27(33)24(6-2)30(20-22-14-9-8-13-21(22)3)26(32)17-12-19-31(36(4,34)35)25-16-11-10-15-23(25)28/h8-11,13-16,24H,5-7,12,17-20H2,1-4H3,(H,29,33). The molecule has 0 saturated carbocycles. The van der Waals surface area contributed by atoms with Crippen molar-refractivity contribution < 1.29 is 22.4 Å². The van der Waals surface area contributed by atoms with Crippen molar-refractivity contribution in [3.05, 3.63) is 65.5 Å². The zero-order chi connectivity index (χ0) is 26.7. The zero-order valence-electron chi connectivity index (χ0n) is 21.7. The van der Waals surface area contributed by atoms with Crippen molar-refractivity contribution in [3.8, 4) is 0 Å². The van der Waals surface area contributed by atoms with Crippen molar-refractivity contribution in [2.45, 2.75) is 65.5 Å². The van der Waals surface area contributed by atoms with Crippen molar-refractivity contribution in [2.24, 2.45) is 0 Å². The Morgan fingerprint density at radius 3 is 2.31 bits per heavy atom. The second kappa shape index (κ2) is 14.0. The summed E-state index contributed by atoms with van der Waals surface area (Å²) in [6.45, 7) is 6.63. The van der Waals surface area contributed by atoms with Gasteiger partial charge in [-0.3, -0.25) is 13.9 Å². The van der Waals surface area contributed by atoms with Gasteiger partial charge in [-0.25, -0.2) is 12.8 Å². The van der Waals surface area contributed by atoms with Gasteiger partial charge in [0.15, 0.2) is 0 Å². The summed E-state index contributed by atoms with van der Waals surface area (Å²) < 4.78 is 40.0. The number of unbranched alkanes of at least 4 members (excludes halogenated alkanes) is 1. The summed E-state index contributed by atoms with van der Waals surface area (Å²) in [7, 11) is -3.76. The van der Waals surface area contributed by atoms with E-state index in [9.17, 15) is 22.4 Å². The third-order valence-electron chi connectivity index (χ3n) is 6.09. The molecule has 7 nitrogen and oxygen atoms in total. The van der Waals surface area contributed by atoms with E-state index in [2.05, 4.69) is 5.32 Å². The van der Waals surface area contributed by atoms with Crippen molar-refractivity contribution >= 4 is 27.5 Å². The summed E-state index contributed by atoms with van der Waals surface area (Å²) in [5.74, 6) is -1.10. The van der Waals surface area contributed by atoms with Crippen LogP contribution in [0.15, 0.2) is 48.5 Å². The summed E-state index contributed by atoms with van der Waals surface area (Å²) in [6, 6.07) is 12.7. The number of para-hydroxylation sites is 1. The number of sulfonamides is 1. The minimum atomic E-state index is -3.76. The third-order valence-corrected chi connectivity index (χ3v) is 7.27. The zero-order valence-corrected chi connectivity index (χ0v) is 22.5. The van der Waals surface area contributed by atoms with E-state index in [-0.39, 0.29) is 43.4 Å². The molecular formula is C27H38FN3O4S. The monoisotopic (exact) mass is 519 g/mol. The molecule has 0 aromatic heterocycles. The van der Waals surface area contributed by atoms with Crippen LogP contribution in [0.25, 0.3) is 0 Å². The number of aryl methyl sites for hydroxylation is 1. The van der Waals surface area contributed by atoms with Gasteiger partial charge in [0.1, 0.15) is 11.9 Å². The molecule has 0 spiro atoms. The second-order valence-corrected chi connectivity index (χ2v) is 10.8. The minimum Gasteiger partial charge on any atom is -0.354 e. The number of rotatable bonds is 14. The molecular weight excluding hydrogens is 481 g/mol. The summed E-state index contributed by atoms with van der Waals surface area (Å²) in [5, 5.41) is 2.93. The Kier molecular flexibility index (Phi) is 11.4. The molecule has 2 aromatic carbocycles. The normalized spacial score (nSPS) is 12.1. The molecule has 0 aliphatic carbocycles. The average molecular weight is 520 g/mol. The van der Waals surface area contributed by atoms with Crippen molar-refractivity contribution in [3.63, 3.8) is 0 Å². The highest BCUT2D eigenvalue weighted by Crippen LogP contribution is 2.23. The van der Waals surface area contributed by atoms with Gasteiger partial charge in [0.2, 0.25) is 21.8 Å². The highest BCUT2D eigenvalue weighted by atomic mass is 32.2.